The maximum atomic E-state index is 12.7. The Bertz CT molecular complexity index is 683. The number of carbonyl (C=O) groups excluding carboxylic acids is 4. The summed E-state index contributed by atoms with van der Waals surface area (Å²) >= 11 is 0. The minimum absolute atomic E-state index is 0.0503. The average molecular weight is 376 g/mol. The number of hydrogen-bond acceptors (Lipinski definition) is 6. The second kappa shape index (κ2) is 9.82. The maximum absolute atomic E-state index is 12.7. The van der Waals surface area contributed by atoms with Crippen LogP contribution in [0.1, 0.15) is 40.5 Å². The summed E-state index contributed by atoms with van der Waals surface area (Å²) in [6, 6.07) is 6.48. The van der Waals surface area contributed by atoms with E-state index in [0.717, 1.165) is 4.90 Å². The molecule has 1 heterocycles. The Morgan fingerprint density at radius 1 is 1.07 bits per heavy atom. The fourth-order valence-electron chi connectivity index (χ4n) is 2.84. The molecule has 8 heteroatoms. The molecule has 1 aromatic carbocycles. The Balaban J connectivity index is 2.03. The lowest BCUT2D eigenvalue weighted by molar-refractivity contribution is -0.144. The molecule has 0 aliphatic carbocycles. The third kappa shape index (κ3) is 5.13. The summed E-state index contributed by atoms with van der Waals surface area (Å²) in [5.41, 5.74) is 0.598. The quantitative estimate of drug-likeness (QED) is 0.345. The van der Waals surface area contributed by atoms with E-state index in [0.29, 0.717) is 30.7 Å². The van der Waals surface area contributed by atoms with Gasteiger partial charge >= 0.3 is 5.97 Å². The first-order valence-electron chi connectivity index (χ1n) is 8.87. The molecule has 0 saturated heterocycles. The van der Waals surface area contributed by atoms with Gasteiger partial charge in [-0.15, -0.1) is 0 Å². The molecule has 0 unspecified atom stereocenters. The number of amides is 3. The van der Waals surface area contributed by atoms with Crippen LogP contribution in [0.5, 0.6) is 0 Å². The fourth-order valence-corrected chi connectivity index (χ4v) is 2.84. The van der Waals surface area contributed by atoms with Crippen molar-refractivity contribution in [2.45, 2.75) is 19.8 Å². The van der Waals surface area contributed by atoms with Crippen LogP contribution in [0.15, 0.2) is 24.3 Å². The SMILES string of the molecule is CCOC(=O)CCN(CCCOC)C(=O)CN1C(=O)c2ccccc2C1=O. The standard InChI is InChI=1S/C19H24N2O6/c1-3-27-17(23)9-11-20(10-6-12-26-2)16(22)13-21-18(24)14-7-4-5-8-15(14)19(21)25/h4-5,7-8H,3,6,9-13H2,1-2H3. The molecule has 1 aliphatic rings. The van der Waals surface area contributed by atoms with Crippen molar-refractivity contribution in [2.75, 3.05) is 40.0 Å². The number of rotatable bonds is 10. The minimum atomic E-state index is -0.480. The zero-order valence-corrected chi connectivity index (χ0v) is 15.6. The zero-order chi connectivity index (χ0) is 19.8. The van der Waals surface area contributed by atoms with Crippen molar-refractivity contribution in [1.29, 1.82) is 0 Å². The molecular weight excluding hydrogens is 352 g/mol. The molecule has 1 aromatic rings. The lowest BCUT2D eigenvalue weighted by Crippen LogP contribution is -2.44. The number of hydrogen-bond donors (Lipinski definition) is 0. The van der Waals surface area contributed by atoms with E-state index in [1.165, 1.54) is 4.90 Å². The second-order valence-electron chi connectivity index (χ2n) is 6.02. The molecule has 0 spiro atoms. The Kier molecular flexibility index (Phi) is 7.48. The Labute approximate surface area is 158 Å². The number of esters is 1. The number of methoxy groups -OCH3 is 1. The molecule has 0 aromatic heterocycles. The number of carbonyl (C=O) groups is 4. The van der Waals surface area contributed by atoms with Crippen molar-refractivity contribution in [3.8, 4) is 0 Å². The first kappa shape index (κ1) is 20.6. The van der Waals surface area contributed by atoms with Crippen LogP contribution in [0, 0.1) is 0 Å². The third-order valence-electron chi connectivity index (χ3n) is 4.19. The van der Waals surface area contributed by atoms with Gasteiger partial charge in [0.2, 0.25) is 5.91 Å². The maximum Gasteiger partial charge on any atom is 0.307 e. The van der Waals surface area contributed by atoms with E-state index in [4.69, 9.17) is 9.47 Å². The normalized spacial score (nSPS) is 12.9. The summed E-state index contributed by atoms with van der Waals surface area (Å²) in [5.74, 6) is -1.76. The van der Waals surface area contributed by atoms with Gasteiger partial charge in [0.15, 0.2) is 0 Å². The first-order valence-corrected chi connectivity index (χ1v) is 8.87. The van der Waals surface area contributed by atoms with Crippen LogP contribution in [-0.4, -0.2) is 73.4 Å². The molecule has 0 radical (unpaired) electrons. The van der Waals surface area contributed by atoms with Crippen LogP contribution in [0.4, 0.5) is 0 Å². The lowest BCUT2D eigenvalue weighted by atomic mass is 10.1. The van der Waals surface area contributed by atoms with Crippen molar-refractivity contribution in [3.05, 3.63) is 35.4 Å². The van der Waals surface area contributed by atoms with Crippen molar-refractivity contribution >= 4 is 23.7 Å². The highest BCUT2D eigenvalue weighted by molar-refractivity contribution is 6.22. The second-order valence-corrected chi connectivity index (χ2v) is 6.02. The molecule has 0 saturated carbocycles. The van der Waals surface area contributed by atoms with Gasteiger partial charge in [-0.25, -0.2) is 0 Å². The summed E-state index contributed by atoms with van der Waals surface area (Å²) < 4.78 is 9.89. The van der Waals surface area contributed by atoms with Crippen molar-refractivity contribution in [2.24, 2.45) is 0 Å². The monoisotopic (exact) mass is 376 g/mol. The number of benzene rings is 1. The fraction of sp³-hybridized carbons (Fsp3) is 0.474. The molecule has 3 amide bonds. The van der Waals surface area contributed by atoms with Crippen LogP contribution >= 0.6 is 0 Å². The van der Waals surface area contributed by atoms with E-state index in [1.807, 2.05) is 0 Å². The number of ether oxygens (including phenoxy) is 2. The third-order valence-corrected chi connectivity index (χ3v) is 4.19. The number of fused-ring (bicyclic) bond motifs is 1. The molecule has 27 heavy (non-hydrogen) atoms. The highest BCUT2D eigenvalue weighted by Crippen LogP contribution is 2.22. The summed E-state index contributed by atoms with van der Waals surface area (Å²) in [5, 5.41) is 0. The van der Waals surface area contributed by atoms with E-state index < -0.39 is 23.7 Å². The summed E-state index contributed by atoms with van der Waals surface area (Å²) in [6.07, 6.45) is 0.627. The predicted molar refractivity (Wildman–Crippen MR) is 96.1 cm³/mol. The molecular formula is C19H24N2O6. The Morgan fingerprint density at radius 2 is 1.70 bits per heavy atom. The van der Waals surface area contributed by atoms with E-state index in [1.54, 1.807) is 38.3 Å². The van der Waals surface area contributed by atoms with E-state index >= 15 is 0 Å². The molecule has 1 aliphatic heterocycles. The molecule has 2 rings (SSSR count). The van der Waals surface area contributed by atoms with Crippen molar-refractivity contribution < 1.29 is 28.7 Å². The van der Waals surface area contributed by atoms with Gasteiger partial charge < -0.3 is 14.4 Å². The first-order chi connectivity index (χ1) is 13.0. The van der Waals surface area contributed by atoms with Crippen molar-refractivity contribution in [3.63, 3.8) is 0 Å². The number of imide groups is 1. The van der Waals surface area contributed by atoms with Gasteiger partial charge in [0, 0.05) is 26.8 Å². The van der Waals surface area contributed by atoms with Crippen LogP contribution in [0.2, 0.25) is 0 Å². The van der Waals surface area contributed by atoms with Crippen LogP contribution in [0.3, 0.4) is 0 Å². The van der Waals surface area contributed by atoms with Gasteiger partial charge in [-0.2, -0.15) is 0 Å². The topological polar surface area (TPSA) is 93.2 Å². The van der Waals surface area contributed by atoms with Gasteiger partial charge in [0.1, 0.15) is 6.54 Å². The summed E-state index contributed by atoms with van der Waals surface area (Å²) in [4.78, 5) is 51.5. The predicted octanol–water partition coefficient (Wildman–Crippen LogP) is 1.10. The molecule has 0 N–H and O–H groups in total. The highest BCUT2D eigenvalue weighted by Gasteiger charge is 2.37. The van der Waals surface area contributed by atoms with E-state index in [2.05, 4.69) is 0 Å². The summed E-state index contributed by atoms with van der Waals surface area (Å²) in [6.45, 7) is 2.59. The van der Waals surface area contributed by atoms with Gasteiger partial charge in [-0.05, 0) is 25.5 Å². The highest BCUT2D eigenvalue weighted by atomic mass is 16.5. The van der Waals surface area contributed by atoms with Gasteiger partial charge in [0.25, 0.3) is 11.8 Å². The lowest BCUT2D eigenvalue weighted by Gasteiger charge is -2.24. The van der Waals surface area contributed by atoms with Crippen LogP contribution < -0.4 is 0 Å². The van der Waals surface area contributed by atoms with Crippen molar-refractivity contribution in [1.82, 2.24) is 9.80 Å². The zero-order valence-electron chi connectivity index (χ0n) is 15.6. The number of nitrogens with zero attached hydrogens (tertiary/aromatic N) is 2. The average Bonchev–Trinajstić information content (AvgIpc) is 2.90. The van der Waals surface area contributed by atoms with E-state index in [-0.39, 0.29) is 26.1 Å². The molecule has 0 atom stereocenters. The largest absolute Gasteiger partial charge is 0.466 e. The van der Waals surface area contributed by atoms with Gasteiger partial charge in [0.05, 0.1) is 24.2 Å². The van der Waals surface area contributed by atoms with Gasteiger partial charge in [-0.1, -0.05) is 12.1 Å². The van der Waals surface area contributed by atoms with Crippen LogP contribution in [-0.2, 0) is 19.1 Å². The molecule has 8 nitrogen and oxygen atoms in total. The Morgan fingerprint density at radius 3 is 2.26 bits per heavy atom. The summed E-state index contributed by atoms with van der Waals surface area (Å²) in [7, 11) is 1.56. The Hall–Kier alpha value is -2.74. The van der Waals surface area contributed by atoms with E-state index in [9.17, 15) is 19.2 Å². The van der Waals surface area contributed by atoms with Crippen LogP contribution in [0.25, 0.3) is 0 Å². The molecule has 146 valence electrons. The smallest absolute Gasteiger partial charge is 0.307 e. The van der Waals surface area contributed by atoms with Gasteiger partial charge in [-0.3, -0.25) is 24.1 Å². The molecule has 0 fully saturated rings. The molecule has 0 bridgehead atoms. The minimum Gasteiger partial charge on any atom is -0.466 e.